The fourth-order valence-electron chi connectivity index (χ4n) is 3.42. The lowest BCUT2D eigenvalue weighted by atomic mass is 9.80. The van der Waals surface area contributed by atoms with Crippen LogP contribution in [0.2, 0.25) is 0 Å². The summed E-state index contributed by atoms with van der Waals surface area (Å²) >= 11 is 1.90. The van der Waals surface area contributed by atoms with Crippen LogP contribution in [0.25, 0.3) is 0 Å². The first-order valence-corrected chi connectivity index (χ1v) is 8.80. The molecule has 0 bridgehead atoms. The Morgan fingerprint density at radius 1 is 1.24 bits per heavy atom. The van der Waals surface area contributed by atoms with E-state index in [1.807, 2.05) is 11.3 Å². The fraction of sp³-hybridized carbons (Fsp3) is 0.444. The van der Waals surface area contributed by atoms with E-state index in [1.165, 1.54) is 36.0 Å². The highest BCUT2D eigenvalue weighted by Gasteiger charge is 2.28. The number of aryl methyl sites for hydroxylation is 2. The maximum absolute atomic E-state index is 5.89. The molecular formula is C18H24N2S. The highest BCUT2D eigenvalue weighted by atomic mass is 32.1. The summed E-state index contributed by atoms with van der Waals surface area (Å²) in [6.45, 7) is 2.19. The first-order valence-electron chi connectivity index (χ1n) is 7.92. The van der Waals surface area contributed by atoms with Crippen LogP contribution in [-0.2, 0) is 19.3 Å². The van der Waals surface area contributed by atoms with Crippen LogP contribution in [0, 0.1) is 0 Å². The van der Waals surface area contributed by atoms with Crippen molar-refractivity contribution in [3.63, 3.8) is 0 Å². The molecule has 2 nitrogen and oxygen atoms in total. The van der Waals surface area contributed by atoms with Crippen LogP contribution < -0.4 is 11.3 Å². The number of thiophene rings is 1. The molecule has 0 spiro atoms. The van der Waals surface area contributed by atoms with Crippen LogP contribution in [0.1, 0.15) is 47.3 Å². The minimum atomic E-state index is 0.325. The maximum Gasteiger partial charge on any atom is 0.0319 e. The molecule has 2 aromatic rings. The van der Waals surface area contributed by atoms with E-state index >= 15 is 0 Å². The Bertz CT molecular complexity index is 573. The van der Waals surface area contributed by atoms with Gasteiger partial charge in [-0.25, -0.2) is 0 Å². The predicted octanol–water partition coefficient (Wildman–Crippen LogP) is 3.81. The van der Waals surface area contributed by atoms with Gasteiger partial charge in [0.05, 0.1) is 0 Å². The minimum Gasteiger partial charge on any atom is -0.271 e. The number of hydrogen-bond acceptors (Lipinski definition) is 3. The summed E-state index contributed by atoms with van der Waals surface area (Å²) in [5, 5.41) is 2.23. The number of rotatable bonds is 5. The van der Waals surface area contributed by atoms with Gasteiger partial charge in [0, 0.05) is 16.8 Å². The fourth-order valence-corrected chi connectivity index (χ4v) is 4.42. The molecule has 21 heavy (non-hydrogen) atoms. The van der Waals surface area contributed by atoms with Gasteiger partial charge in [0.15, 0.2) is 0 Å². The Labute approximate surface area is 131 Å². The quantitative estimate of drug-likeness (QED) is 0.651. The van der Waals surface area contributed by atoms with Gasteiger partial charge >= 0.3 is 0 Å². The SMILES string of the molecule is CCc1ccc(CC(NN)C2CCCc3sccc32)cc1. The van der Waals surface area contributed by atoms with E-state index in [4.69, 9.17) is 5.84 Å². The molecule has 3 N–H and O–H groups in total. The molecule has 0 fully saturated rings. The normalized spacial score (nSPS) is 19.2. The van der Waals surface area contributed by atoms with Crippen molar-refractivity contribution >= 4 is 11.3 Å². The summed E-state index contributed by atoms with van der Waals surface area (Å²) in [6.07, 6.45) is 5.86. The number of fused-ring (bicyclic) bond motifs is 1. The van der Waals surface area contributed by atoms with E-state index in [0.29, 0.717) is 12.0 Å². The summed E-state index contributed by atoms with van der Waals surface area (Å²) in [7, 11) is 0. The van der Waals surface area contributed by atoms with E-state index in [2.05, 4.69) is 48.1 Å². The van der Waals surface area contributed by atoms with Crippen LogP contribution in [-0.4, -0.2) is 6.04 Å². The summed E-state index contributed by atoms with van der Waals surface area (Å²) in [4.78, 5) is 1.56. The Morgan fingerprint density at radius 3 is 2.71 bits per heavy atom. The first kappa shape index (κ1) is 14.8. The maximum atomic E-state index is 5.89. The van der Waals surface area contributed by atoms with Crippen LogP contribution in [0.5, 0.6) is 0 Å². The van der Waals surface area contributed by atoms with E-state index in [0.717, 1.165) is 12.8 Å². The van der Waals surface area contributed by atoms with Gasteiger partial charge in [-0.2, -0.15) is 0 Å². The Kier molecular flexibility index (Phi) is 4.73. The Balaban J connectivity index is 1.76. The molecule has 0 saturated carbocycles. The highest BCUT2D eigenvalue weighted by molar-refractivity contribution is 7.10. The largest absolute Gasteiger partial charge is 0.271 e. The molecule has 3 rings (SSSR count). The molecule has 112 valence electrons. The van der Waals surface area contributed by atoms with E-state index in [9.17, 15) is 0 Å². The topological polar surface area (TPSA) is 38.0 Å². The molecule has 1 aliphatic carbocycles. The van der Waals surface area contributed by atoms with Gasteiger partial charge in [0.25, 0.3) is 0 Å². The number of hydrazine groups is 1. The zero-order valence-corrected chi connectivity index (χ0v) is 13.5. The Hall–Kier alpha value is -1.16. The van der Waals surface area contributed by atoms with Crippen molar-refractivity contribution in [1.82, 2.24) is 5.43 Å². The molecule has 1 aromatic carbocycles. The van der Waals surface area contributed by atoms with Gasteiger partial charge in [0.1, 0.15) is 0 Å². The molecule has 0 saturated heterocycles. The molecule has 0 amide bonds. The third-order valence-electron chi connectivity index (χ3n) is 4.68. The smallest absolute Gasteiger partial charge is 0.0319 e. The summed E-state index contributed by atoms with van der Waals surface area (Å²) < 4.78 is 0. The monoisotopic (exact) mass is 300 g/mol. The van der Waals surface area contributed by atoms with Gasteiger partial charge in [0.2, 0.25) is 0 Å². The van der Waals surface area contributed by atoms with Crippen molar-refractivity contribution in [2.45, 2.75) is 51.0 Å². The molecule has 1 aliphatic rings. The lowest BCUT2D eigenvalue weighted by Gasteiger charge is -2.30. The van der Waals surface area contributed by atoms with Crippen LogP contribution in [0.3, 0.4) is 0 Å². The van der Waals surface area contributed by atoms with E-state index in [1.54, 1.807) is 4.88 Å². The van der Waals surface area contributed by atoms with Crippen molar-refractivity contribution in [1.29, 1.82) is 0 Å². The Morgan fingerprint density at radius 2 is 2.00 bits per heavy atom. The summed E-state index contributed by atoms with van der Waals surface area (Å²) in [5.74, 6) is 6.44. The molecule has 0 aliphatic heterocycles. The lowest BCUT2D eigenvalue weighted by molar-refractivity contribution is 0.397. The number of hydrogen-bond donors (Lipinski definition) is 2. The average molecular weight is 300 g/mol. The zero-order chi connectivity index (χ0) is 14.7. The van der Waals surface area contributed by atoms with Gasteiger partial charge in [-0.3, -0.25) is 11.3 Å². The second-order valence-electron chi connectivity index (χ2n) is 5.95. The molecular weight excluding hydrogens is 276 g/mol. The standard InChI is InChI=1S/C18H24N2S/c1-2-13-6-8-14(9-7-13)12-17(20-19)15-4-3-5-18-16(15)10-11-21-18/h6-11,15,17,20H,2-5,12,19H2,1H3. The molecule has 0 radical (unpaired) electrons. The third-order valence-corrected chi connectivity index (χ3v) is 5.68. The molecule has 2 atom stereocenters. The molecule has 1 heterocycles. The molecule has 2 unspecified atom stereocenters. The van der Waals surface area contributed by atoms with Gasteiger partial charge in [-0.15, -0.1) is 11.3 Å². The highest BCUT2D eigenvalue weighted by Crippen LogP contribution is 2.37. The van der Waals surface area contributed by atoms with E-state index < -0.39 is 0 Å². The molecule has 1 aromatic heterocycles. The predicted molar refractivity (Wildman–Crippen MR) is 90.6 cm³/mol. The lowest BCUT2D eigenvalue weighted by Crippen LogP contribution is -2.42. The minimum absolute atomic E-state index is 0.325. The van der Waals surface area contributed by atoms with E-state index in [-0.39, 0.29) is 0 Å². The van der Waals surface area contributed by atoms with Crippen molar-refractivity contribution < 1.29 is 0 Å². The van der Waals surface area contributed by atoms with Crippen LogP contribution in [0.15, 0.2) is 35.7 Å². The second-order valence-corrected chi connectivity index (χ2v) is 6.95. The van der Waals surface area contributed by atoms with Gasteiger partial charge in [-0.05, 0) is 60.2 Å². The van der Waals surface area contributed by atoms with Crippen LogP contribution >= 0.6 is 11.3 Å². The zero-order valence-electron chi connectivity index (χ0n) is 12.6. The molecule has 3 heteroatoms. The summed E-state index contributed by atoms with van der Waals surface area (Å²) in [6, 6.07) is 11.6. The number of benzene rings is 1. The van der Waals surface area contributed by atoms with Crippen LogP contribution in [0.4, 0.5) is 0 Å². The van der Waals surface area contributed by atoms with Crippen molar-refractivity contribution in [3.05, 3.63) is 57.3 Å². The average Bonchev–Trinajstić information content (AvgIpc) is 3.02. The second kappa shape index (κ2) is 6.73. The number of nitrogens with two attached hydrogens (primary N) is 1. The summed E-state index contributed by atoms with van der Waals surface area (Å²) in [5.41, 5.74) is 7.38. The first-order chi connectivity index (χ1) is 10.3. The van der Waals surface area contributed by atoms with Gasteiger partial charge in [-0.1, -0.05) is 31.2 Å². The van der Waals surface area contributed by atoms with Crippen molar-refractivity contribution in [2.75, 3.05) is 0 Å². The van der Waals surface area contributed by atoms with Crippen molar-refractivity contribution in [3.8, 4) is 0 Å². The van der Waals surface area contributed by atoms with Gasteiger partial charge < -0.3 is 0 Å². The third kappa shape index (κ3) is 3.20. The van der Waals surface area contributed by atoms with Crippen molar-refractivity contribution in [2.24, 2.45) is 5.84 Å². The number of nitrogens with one attached hydrogen (secondary N) is 1.